The predicted molar refractivity (Wildman–Crippen MR) is 102 cm³/mol. The monoisotopic (exact) mass is 378 g/mol. The largest absolute Gasteiger partial charge is 0.457 e. The van der Waals surface area contributed by atoms with Crippen molar-refractivity contribution < 1.29 is 19.1 Å². The van der Waals surface area contributed by atoms with Gasteiger partial charge in [-0.1, -0.05) is 13.2 Å². The Hall–Kier alpha value is -3.17. The fraction of sp³-hybridized carbons (Fsp3) is 0.471. The topological polar surface area (TPSA) is 147 Å². The van der Waals surface area contributed by atoms with E-state index in [9.17, 15) is 9.59 Å². The quantitative estimate of drug-likeness (QED) is 0.468. The van der Waals surface area contributed by atoms with Crippen LogP contribution in [0.1, 0.15) is 27.7 Å². The highest BCUT2D eigenvalue weighted by atomic mass is 16.5. The zero-order chi connectivity index (χ0) is 20.7. The molecular formula is C17H26N6O4. The minimum Gasteiger partial charge on any atom is -0.457 e. The first-order chi connectivity index (χ1) is 12.5. The summed E-state index contributed by atoms with van der Waals surface area (Å²) in [5, 5.41) is 0. The van der Waals surface area contributed by atoms with Crippen LogP contribution in [0.2, 0.25) is 0 Å². The molecule has 0 spiro atoms. The molecule has 4 N–H and O–H groups in total. The Balaban J connectivity index is 2.98. The second-order valence-electron chi connectivity index (χ2n) is 6.25. The van der Waals surface area contributed by atoms with Gasteiger partial charge in [0.25, 0.3) is 0 Å². The second-order valence-corrected chi connectivity index (χ2v) is 6.25. The first kappa shape index (κ1) is 21.9. The standard InChI is InChI=1S/C17H26N6O4/c1-9(2)13(24)26-11(5)7-23(8-12(6)27-14(25)10(3)4)17-21-15(18)20-16(19)22-17/h11-12H,1,3,7-8H2,2,4-6H3,(H4,18,19,20,21,22). The Bertz CT molecular complexity index is 680. The van der Waals surface area contributed by atoms with Crippen LogP contribution in [0.3, 0.4) is 0 Å². The summed E-state index contributed by atoms with van der Waals surface area (Å²) in [5.74, 6) is -0.962. The Kier molecular flexibility index (Phi) is 7.70. The average molecular weight is 378 g/mol. The third-order valence-electron chi connectivity index (χ3n) is 3.21. The molecule has 0 saturated heterocycles. The van der Waals surface area contributed by atoms with Gasteiger partial charge in [-0.3, -0.25) is 0 Å². The van der Waals surface area contributed by atoms with Crippen LogP contribution in [-0.2, 0) is 19.1 Å². The molecular weight excluding hydrogens is 352 g/mol. The van der Waals surface area contributed by atoms with Crippen LogP contribution in [0.4, 0.5) is 17.8 Å². The number of nitrogens with two attached hydrogens (primary N) is 2. The highest BCUT2D eigenvalue weighted by molar-refractivity contribution is 5.87. The van der Waals surface area contributed by atoms with Crippen molar-refractivity contribution in [2.45, 2.75) is 39.9 Å². The van der Waals surface area contributed by atoms with Crippen molar-refractivity contribution >= 4 is 29.8 Å². The predicted octanol–water partition coefficient (Wildman–Crippen LogP) is 0.858. The van der Waals surface area contributed by atoms with Gasteiger partial charge >= 0.3 is 11.9 Å². The molecule has 10 nitrogen and oxygen atoms in total. The van der Waals surface area contributed by atoms with E-state index in [4.69, 9.17) is 20.9 Å². The van der Waals surface area contributed by atoms with Gasteiger partial charge in [0.2, 0.25) is 17.8 Å². The van der Waals surface area contributed by atoms with Crippen LogP contribution < -0.4 is 16.4 Å². The second kappa shape index (κ2) is 9.51. The van der Waals surface area contributed by atoms with Crippen molar-refractivity contribution in [2.24, 2.45) is 0 Å². The van der Waals surface area contributed by atoms with Crippen LogP contribution in [0.5, 0.6) is 0 Å². The van der Waals surface area contributed by atoms with Gasteiger partial charge in [-0.05, 0) is 27.7 Å². The molecule has 2 unspecified atom stereocenters. The van der Waals surface area contributed by atoms with Crippen molar-refractivity contribution in [2.75, 3.05) is 29.5 Å². The van der Waals surface area contributed by atoms with Crippen molar-refractivity contribution in [1.82, 2.24) is 15.0 Å². The van der Waals surface area contributed by atoms with Gasteiger partial charge in [0.15, 0.2) is 0 Å². The maximum atomic E-state index is 11.7. The molecule has 1 aromatic heterocycles. The number of anilines is 3. The van der Waals surface area contributed by atoms with Gasteiger partial charge in [-0.25, -0.2) is 9.59 Å². The molecule has 10 heteroatoms. The number of nitrogen functional groups attached to an aromatic ring is 2. The first-order valence-electron chi connectivity index (χ1n) is 8.24. The van der Waals surface area contributed by atoms with Gasteiger partial charge in [-0.2, -0.15) is 15.0 Å². The Morgan fingerprint density at radius 1 is 0.926 bits per heavy atom. The molecule has 1 aromatic rings. The van der Waals surface area contributed by atoms with E-state index < -0.39 is 24.1 Å². The van der Waals surface area contributed by atoms with E-state index in [0.717, 1.165) is 0 Å². The molecule has 0 aliphatic heterocycles. The summed E-state index contributed by atoms with van der Waals surface area (Å²) in [6.07, 6.45) is -1.06. The lowest BCUT2D eigenvalue weighted by molar-refractivity contribution is -0.143. The smallest absolute Gasteiger partial charge is 0.333 e. The minimum absolute atomic E-state index is 0.0549. The summed E-state index contributed by atoms with van der Waals surface area (Å²) < 4.78 is 10.6. The lowest BCUT2D eigenvalue weighted by Gasteiger charge is -2.28. The molecule has 0 aliphatic carbocycles. The van der Waals surface area contributed by atoms with E-state index in [1.54, 1.807) is 32.6 Å². The van der Waals surface area contributed by atoms with Gasteiger partial charge in [0.05, 0.1) is 13.1 Å². The SMILES string of the molecule is C=C(C)C(=O)OC(C)CN(CC(C)OC(=O)C(=C)C)c1nc(N)nc(N)n1. The van der Waals surface area contributed by atoms with E-state index >= 15 is 0 Å². The van der Waals surface area contributed by atoms with E-state index in [2.05, 4.69) is 28.1 Å². The summed E-state index contributed by atoms with van der Waals surface area (Å²) in [4.78, 5) is 36.9. The van der Waals surface area contributed by atoms with Gasteiger partial charge in [0, 0.05) is 11.1 Å². The summed E-state index contributed by atoms with van der Waals surface area (Å²) in [5.41, 5.74) is 11.8. The van der Waals surface area contributed by atoms with Crippen molar-refractivity contribution in [3.05, 3.63) is 24.3 Å². The number of ether oxygens (including phenoxy) is 2. The third kappa shape index (κ3) is 7.30. The fourth-order valence-electron chi connectivity index (χ4n) is 2.04. The number of rotatable bonds is 9. The van der Waals surface area contributed by atoms with Crippen LogP contribution in [-0.4, -0.2) is 52.2 Å². The summed E-state index contributed by atoms with van der Waals surface area (Å²) in [7, 11) is 0. The zero-order valence-corrected chi connectivity index (χ0v) is 16.1. The van der Waals surface area contributed by atoms with Gasteiger partial charge < -0.3 is 25.8 Å². The highest BCUT2D eigenvalue weighted by Crippen LogP contribution is 2.14. The lowest BCUT2D eigenvalue weighted by atomic mass is 10.3. The number of carbonyl (C=O) groups excluding carboxylic acids is 2. The first-order valence-corrected chi connectivity index (χ1v) is 8.24. The fourth-order valence-corrected chi connectivity index (χ4v) is 2.04. The number of hydrogen-bond acceptors (Lipinski definition) is 10. The van der Waals surface area contributed by atoms with Gasteiger partial charge in [-0.15, -0.1) is 0 Å². The van der Waals surface area contributed by atoms with Crippen molar-refractivity contribution in [3.8, 4) is 0 Å². The van der Waals surface area contributed by atoms with Gasteiger partial charge in [0.1, 0.15) is 12.2 Å². The number of aromatic nitrogens is 3. The minimum atomic E-state index is -0.530. The Morgan fingerprint density at radius 3 is 1.63 bits per heavy atom. The molecule has 0 bridgehead atoms. The third-order valence-corrected chi connectivity index (χ3v) is 3.21. The lowest BCUT2D eigenvalue weighted by Crippen LogP contribution is -2.40. The van der Waals surface area contributed by atoms with Crippen LogP contribution in [0, 0.1) is 0 Å². The maximum absolute atomic E-state index is 11.7. The Morgan fingerprint density at radius 2 is 1.30 bits per heavy atom. The zero-order valence-electron chi connectivity index (χ0n) is 16.1. The Labute approximate surface area is 158 Å². The number of nitrogens with zero attached hydrogens (tertiary/aromatic N) is 4. The van der Waals surface area contributed by atoms with E-state index in [0.29, 0.717) is 0 Å². The van der Waals surface area contributed by atoms with Crippen LogP contribution >= 0.6 is 0 Å². The van der Waals surface area contributed by atoms with Crippen molar-refractivity contribution in [1.29, 1.82) is 0 Å². The van der Waals surface area contributed by atoms with E-state index in [1.165, 1.54) is 0 Å². The summed E-state index contributed by atoms with van der Waals surface area (Å²) >= 11 is 0. The molecule has 0 saturated carbocycles. The average Bonchev–Trinajstić information content (AvgIpc) is 2.52. The molecule has 27 heavy (non-hydrogen) atoms. The number of carbonyl (C=O) groups is 2. The molecule has 148 valence electrons. The number of esters is 2. The molecule has 0 fully saturated rings. The molecule has 0 aliphatic rings. The van der Waals surface area contributed by atoms with Crippen molar-refractivity contribution in [3.63, 3.8) is 0 Å². The normalized spacial score (nSPS) is 12.6. The molecule has 2 atom stereocenters. The molecule has 1 heterocycles. The summed E-state index contributed by atoms with van der Waals surface area (Å²) in [6, 6.07) is 0. The van der Waals surface area contributed by atoms with E-state index in [1.807, 2.05) is 0 Å². The number of hydrogen-bond donors (Lipinski definition) is 2. The highest BCUT2D eigenvalue weighted by Gasteiger charge is 2.22. The summed E-state index contributed by atoms with van der Waals surface area (Å²) in [6.45, 7) is 14.0. The van der Waals surface area contributed by atoms with Crippen LogP contribution in [0.25, 0.3) is 0 Å². The maximum Gasteiger partial charge on any atom is 0.333 e. The molecule has 0 radical (unpaired) electrons. The molecule has 0 aromatic carbocycles. The molecule has 0 amide bonds. The van der Waals surface area contributed by atoms with E-state index in [-0.39, 0.29) is 42.1 Å². The van der Waals surface area contributed by atoms with Crippen LogP contribution in [0.15, 0.2) is 24.3 Å². The molecule has 1 rings (SSSR count).